The molecule has 1 rings (SSSR count). The van der Waals surface area contributed by atoms with Gasteiger partial charge < -0.3 is 25.5 Å². The summed E-state index contributed by atoms with van der Waals surface area (Å²) in [6.07, 6.45) is 0. The number of hydrogen-bond donors (Lipinski definition) is 5. The topological polar surface area (TPSA) is 125 Å². The maximum Gasteiger partial charge on any atom is 0.282 e. The normalized spacial score (nSPS) is 11.0. The molecule has 15 heavy (non-hydrogen) atoms. The zero-order valence-electron chi connectivity index (χ0n) is 7.30. The van der Waals surface area contributed by atoms with Crippen LogP contribution in [0.15, 0.2) is 6.58 Å². The van der Waals surface area contributed by atoms with E-state index in [2.05, 4.69) is 6.58 Å². The minimum atomic E-state index is -2.86. The first-order valence-corrected chi connectivity index (χ1v) is 4.42. The Labute approximate surface area is 88.2 Å². The highest BCUT2D eigenvalue weighted by molar-refractivity contribution is 7.15. The summed E-state index contributed by atoms with van der Waals surface area (Å²) < 4.78 is 0. The van der Waals surface area contributed by atoms with Gasteiger partial charge in [0.15, 0.2) is 5.75 Å². The Kier molecular flexibility index (Phi) is 2.59. The van der Waals surface area contributed by atoms with Gasteiger partial charge in [-0.15, -0.1) is 0 Å². The van der Waals surface area contributed by atoms with E-state index in [9.17, 15) is 5.11 Å². The zero-order chi connectivity index (χ0) is 11.8. The minimum Gasteiger partial charge on any atom is -0.503 e. The highest BCUT2D eigenvalue weighted by atomic mass is 32.1. The van der Waals surface area contributed by atoms with Crippen LogP contribution >= 0.6 is 11.3 Å². The van der Waals surface area contributed by atoms with Gasteiger partial charge in [0.05, 0.1) is 4.88 Å². The molecule has 0 aliphatic carbocycles. The van der Waals surface area contributed by atoms with Crippen molar-refractivity contribution in [1.82, 2.24) is 0 Å². The Morgan fingerprint density at radius 3 is 2.13 bits per heavy atom. The second-order valence-corrected chi connectivity index (χ2v) is 3.70. The van der Waals surface area contributed by atoms with Gasteiger partial charge in [0.25, 0.3) is 5.79 Å². The Morgan fingerprint density at radius 2 is 1.80 bits per heavy atom. The molecule has 0 aliphatic rings. The summed E-state index contributed by atoms with van der Waals surface area (Å²) in [6, 6.07) is 1.14. The van der Waals surface area contributed by atoms with Crippen molar-refractivity contribution in [2.45, 2.75) is 5.79 Å². The molecule has 1 aromatic heterocycles. The summed E-state index contributed by atoms with van der Waals surface area (Å²) in [4.78, 5) is -0.267. The van der Waals surface area contributed by atoms with E-state index in [4.69, 9.17) is 25.7 Å². The second-order valence-electron chi connectivity index (χ2n) is 2.70. The number of nitrogens with zero attached hydrogens (tertiary/aromatic N) is 1. The molecule has 7 heteroatoms. The van der Waals surface area contributed by atoms with Crippen LogP contribution in [0.4, 0.5) is 0 Å². The van der Waals surface area contributed by atoms with Gasteiger partial charge in [-0.3, -0.25) is 0 Å². The quantitative estimate of drug-likeness (QED) is 0.361. The summed E-state index contributed by atoms with van der Waals surface area (Å²) in [5.41, 5.74) is -0.525. The van der Waals surface area contributed by atoms with Gasteiger partial charge >= 0.3 is 0 Å². The number of hydrogen-bond acceptors (Lipinski definition) is 7. The summed E-state index contributed by atoms with van der Waals surface area (Å²) >= 11 is 0.476. The standard InChI is InChI=1S/C8H7NO5S/c1-3(8(13,14)2-9)6-4(10)5(11)7(12)15-6/h10-14H,1H2. The Balaban J connectivity index is 3.26. The van der Waals surface area contributed by atoms with Gasteiger partial charge in [-0.2, -0.15) is 5.26 Å². The van der Waals surface area contributed by atoms with Crippen molar-refractivity contribution < 1.29 is 25.5 Å². The zero-order valence-corrected chi connectivity index (χ0v) is 8.12. The average molecular weight is 229 g/mol. The lowest BCUT2D eigenvalue weighted by molar-refractivity contribution is -0.0570. The summed E-state index contributed by atoms with van der Waals surface area (Å²) in [5, 5.41) is 53.3. The molecule has 80 valence electrons. The molecule has 0 aromatic carbocycles. The molecule has 0 unspecified atom stereocenters. The molecular weight excluding hydrogens is 222 g/mol. The van der Waals surface area contributed by atoms with Crippen LogP contribution in [0.2, 0.25) is 0 Å². The predicted molar refractivity (Wildman–Crippen MR) is 51.1 cm³/mol. The fourth-order valence-electron chi connectivity index (χ4n) is 0.832. The van der Waals surface area contributed by atoms with Crippen LogP contribution in [0.3, 0.4) is 0 Å². The molecular formula is C8H7NO5S. The second kappa shape index (κ2) is 3.43. The smallest absolute Gasteiger partial charge is 0.282 e. The number of rotatable bonds is 2. The monoisotopic (exact) mass is 229 g/mol. The van der Waals surface area contributed by atoms with Crippen LogP contribution in [0, 0.1) is 11.3 Å². The first-order valence-electron chi connectivity index (χ1n) is 3.60. The molecule has 0 radical (unpaired) electrons. The highest BCUT2D eigenvalue weighted by Gasteiger charge is 2.32. The van der Waals surface area contributed by atoms with Crippen molar-refractivity contribution in [3.8, 4) is 22.6 Å². The van der Waals surface area contributed by atoms with Crippen LogP contribution in [0.5, 0.6) is 16.6 Å². The molecule has 0 amide bonds. The van der Waals surface area contributed by atoms with Crippen LogP contribution in [-0.4, -0.2) is 31.3 Å². The lowest BCUT2D eigenvalue weighted by Crippen LogP contribution is -2.26. The number of thiophene rings is 1. The Bertz CT molecular complexity index is 456. The van der Waals surface area contributed by atoms with Crippen molar-refractivity contribution in [3.05, 3.63) is 11.5 Å². The third kappa shape index (κ3) is 1.73. The van der Waals surface area contributed by atoms with E-state index in [1.165, 1.54) is 0 Å². The Hall–Kier alpha value is -1.75. The van der Waals surface area contributed by atoms with E-state index in [0.29, 0.717) is 11.3 Å². The highest BCUT2D eigenvalue weighted by Crippen LogP contribution is 2.49. The number of aromatic hydroxyl groups is 3. The van der Waals surface area contributed by atoms with Gasteiger partial charge in [0.1, 0.15) is 6.07 Å². The maximum atomic E-state index is 9.26. The van der Waals surface area contributed by atoms with Gasteiger partial charge in [-0.1, -0.05) is 17.9 Å². The SMILES string of the molecule is C=C(c1sc(O)c(O)c1O)C(O)(O)C#N. The van der Waals surface area contributed by atoms with Crippen LogP contribution in [0.1, 0.15) is 4.88 Å². The molecule has 0 fully saturated rings. The van der Waals surface area contributed by atoms with E-state index in [0.717, 1.165) is 6.07 Å². The van der Waals surface area contributed by atoms with Crippen molar-refractivity contribution in [2.75, 3.05) is 0 Å². The fraction of sp³-hybridized carbons (Fsp3) is 0.125. The van der Waals surface area contributed by atoms with E-state index in [1.807, 2.05) is 0 Å². The minimum absolute atomic E-state index is 0.267. The lowest BCUT2D eigenvalue weighted by atomic mass is 10.1. The molecule has 0 spiro atoms. The number of nitriles is 1. The van der Waals surface area contributed by atoms with Crippen molar-refractivity contribution in [1.29, 1.82) is 5.26 Å². The fourth-order valence-corrected chi connectivity index (χ4v) is 1.68. The van der Waals surface area contributed by atoms with Crippen molar-refractivity contribution in [3.63, 3.8) is 0 Å². The molecule has 6 nitrogen and oxygen atoms in total. The molecule has 1 aromatic rings. The third-order valence-corrected chi connectivity index (χ3v) is 2.72. The van der Waals surface area contributed by atoms with E-state index in [-0.39, 0.29) is 4.88 Å². The Morgan fingerprint density at radius 1 is 1.27 bits per heavy atom. The van der Waals surface area contributed by atoms with E-state index >= 15 is 0 Å². The van der Waals surface area contributed by atoms with Gasteiger partial charge in [-0.25, -0.2) is 0 Å². The summed E-state index contributed by atoms with van der Waals surface area (Å²) in [7, 11) is 0. The predicted octanol–water partition coefficient (Wildman–Crippen LogP) is 0.0826. The van der Waals surface area contributed by atoms with Crippen LogP contribution < -0.4 is 0 Å². The molecule has 0 atom stereocenters. The molecule has 0 saturated heterocycles. The van der Waals surface area contributed by atoms with E-state index in [1.54, 1.807) is 0 Å². The van der Waals surface area contributed by atoms with E-state index < -0.39 is 27.9 Å². The first kappa shape index (κ1) is 11.3. The van der Waals surface area contributed by atoms with Crippen molar-refractivity contribution in [2.24, 2.45) is 0 Å². The molecule has 5 N–H and O–H groups in total. The van der Waals surface area contributed by atoms with Crippen LogP contribution in [0.25, 0.3) is 5.57 Å². The molecule has 1 heterocycles. The van der Waals surface area contributed by atoms with Gasteiger partial charge in [0.2, 0.25) is 10.8 Å². The number of aliphatic hydroxyl groups is 2. The molecule has 0 aliphatic heterocycles. The third-order valence-electron chi connectivity index (χ3n) is 1.69. The van der Waals surface area contributed by atoms with Crippen LogP contribution in [-0.2, 0) is 0 Å². The summed E-state index contributed by atoms with van der Waals surface area (Å²) in [6.45, 7) is 3.19. The largest absolute Gasteiger partial charge is 0.503 e. The molecule has 0 bridgehead atoms. The maximum absolute atomic E-state index is 9.26. The lowest BCUT2D eigenvalue weighted by Gasteiger charge is -2.14. The first-order chi connectivity index (χ1) is 6.81. The summed E-state index contributed by atoms with van der Waals surface area (Å²) in [5.74, 6) is -4.39. The average Bonchev–Trinajstić information content (AvgIpc) is 2.45. The van der Waals surface area contributed by atoms with Gasteiger partial charge in [-0.05, 0) is 0 Å². The van der Waals surface area contributed by atoms with Crippen molar-refractivity contribution >= 4 is 16.9 Å². The van der Waals surface area contributed by atoms with Gasteiger partial charge in [0, 0.05) is 5.57 Å². The molecule has 0 saturated carbocycles.